The number of nitrogens with one attached hydrogen (secondary N) is 1. The summed E-state index contributed by atoms with van der Waals surface area (Å²) in [6.45, 7) is 2.30. The molecule has 9 heteroatoms. The molecule has 0 saturated heterocycles. The third-order valence-corrected chi connectivity index (χ3v) is 6.64. The molecule has 2 aromatic rings. The van der Waals surface area contributed by atoms with Crippen molar-refractivity contribution in [3.05, 3.63) is 47.5 Å². The number of ether oxygens (including phenoxy) is 1. The molecule has 0 bridgehead atoms. The maximum Gasteiger partial charge on any atom is 0.257 e. The fraction of sp³-hybridized carbons (Fsp3) is 0.222. The highest BCUT2D eigenvalue weighted by molar-refractivity contribution is 8.15. The number of rotatable bonds is 3. The van der Waals surface area contributed by atoms with Gasteiger partial charge in [-0.3, -0.25) is 4.79 Å². The quantitative estimate of drug-likeness (QED) is 0.848. The van der Waals surface area contributed by atoms with E-state index >= 15 is 0 Å². The van der Waals surface area contributed by atoms with E-state index in [0.717, 1.165) is 16.1 Å². The van der Waals surface area contributed by atoms with Crippen LogP contribution in [-0.2, 0) is 10.0 Å². The highest BCUT2D eigenvalue weighted by Gasteiger charge is 2.33. The standard InChI is InChI=1S/C18H17N3O4S2/c1-11-3-6-15(25-2)13(9-11)19-17(22)12-4-5-14-16(10-12)26-18-20-27(23,24)8-7-21(14)18/h3-6,9-10H,7-8H2,1-2H3,(H,19,22). The van der Waals surface area contributed by atoms with Crippen molar-refractivity contribution < 1.29 is 17.9 Å². The molecule has 0 unspecified atom stereocenters. The number of anilines is 2. The van der Waals surface area contributed by atoms with E-state index in [2.05, 4.69) is 9.71 Å². The lowest BCUT2D eigenvalue weighted by molar-refractivity contribution is 0.102. The van der Waals surface area contributed by atoms with Gasteiger partial charge in [-0.2, -0.15) is 0 Å². The Labute approximate surface area is 161 Å². The molecule has 0 aromatic heterocycles. The Morgan fingerprint density at radius 1 is 1.26 bits per heavy atom. The molecule has 1 amide bonds. The average molecular weight is 403 g/mol. The number of benzene rings is 2. The van der Waals surface area contributed by atoms with Gasteiger partial charge in [-0.05, 0) is 54.6 Å². The second kappa shape index (κ2) is 6.58. The predicted octanol–water partition coefficient (Wildman–Crippen LogP) is 2.87. The van der Waals surface area contributed by atoms with Crippen LogP contribution in [0.25, 0.3) is 0 Å². The number of carbonyl (C=O) groups is 1. The van der Waals surface area contributed by atoms with E-state index < -0.39 is 10.0 Å². The molecule has 0 atom stereocenters. The molecular weight excluding hydrogens is 386 g/mol. The second-order valence-corrected chi connectivity index (χ2v) is 9.02. The minimum Gasteiger partial charge on any atom is -0.495 e. The molecule has 0 aliphatic carbocycles. The van der Waals surface area contributed by atoms with Gasteiger partial charge >= 0.3 is 0 Å². The maximum atomic E-state index is 12.7. The van der Waals surface area contributed by atoms with Crippen molar-refractivity contribution >= 4 is 44.2 Å². The van der Waals surface area contributed by atoms with E-state index in [1.807, 2.05) is 30.0 Å². The van der Waals surface area contributed by atoms with Crippen molar-refractivity contribution in [3.63, 3.8) is 0 Å². The molecule has 0 spiro atoms. The van der Waals surface area contributed by atoms with Gasteiger partial charge in [-0.15, -0.1) is 4.40 Å². The van der Waals surface area contributed by atoms with Crippen LogP contribution in [0.1, 0.15) is 15.9 Å². The van der Waals surface area contributed by atoms with Crippen molar-refractivity contribution in [2.75, 3.05) is 29.6 Å². The maximum absolute atomic E-state index is 12.7. The summed E-state index contributed by atoms with van der Waals surface area (Å²) in [5, 5.41) is 3.31. The minimum atomic E-state index is -3.40. The number of hydrogen-bond donors (Lipinski definition) is 1. The molecule has 140 valence electrons. The zero-order valence-corrected chi connectivity index (χ0v) is 16.4. The van der Waals surface area contributed by atoms with E-state index in [9.17, 15) is 13.2 Å². The van der Waals surface area contributed by atoms with Gasteiger partial charge in [0.25, 0.3) is 15.9 Å². The first-order valence-corrected chi connectivity index (χ1v) is 10.7. The van der Waals surface area contributed by atoms with Crippen LogP contribution >= 0.6 is 11.8 Å². The lowest BCUT2D eigenvalue weighted by atomic mass is 10.1. The number of sulfonamides is 1. The lowest BCUT2D eigenvalue weighted by Crippen LogP contribution is -2.35. The van der Waals surface area contributed by atoms with Crippen LogP contribution in [0.2, 0.25) is 0 Å². The number of fused-ring (bicyclic) bond motifs is 3. The summed E-state index contributed by atoms with van der Waals surface area (Å²) in [5.74, 6) is 0.314. The van der Waals surface area contributed by atoms with Gasteiger partial charge in [-0.25, -0.2) is 8.42 Å². The minimum absolute atomic E-state index is 0.00805. The number of carbonyl (C=O) groups excluding carboxylic acids is 1. The van der Waals surface area contributed by atoms with E-state index in [1.165, 1.54) is 11.8 Å². The van der Waals surface area contributed by atoms with Crippen molar-refractivity contribution in [2.24, 2.45) is 4.40 Å². The van der Waals surface area contributed by atoms with Crippen molar-refractivity contribution in [1.29, 1.82) is 0 Å². The molecule has 2 aliphatic rings. The molecule has 0 radical (unpaired) electrons. The van der Waals surface area contributed by atoms with E-state index in [4.69, 9.17) is 4.74 Å². The molecule has 2 aromatic carbocycles. The van der Waals surface area contributed by atoms with Gasteiger partial charge in [0.2, 0.25) is 0 Å². The molecule has 2 heterocycles. The summed E-state index contributed by atoms with van der Waals surface area (Å²) in [4.78, 5) is 15.4. The van der Waals surface area contributed by atoms with E-state index in [0.29, 0.717) is 28.7 Å². The fourth-order valence-corrected chi connectivity index (χ4v) is 5.28. The first-order valence-electron chi connectivity index (χ1n) is 8.24. The third kappa shape index (κ3) is 3.40. The monoisotopic (exact) mass is 403 g/mol. The molecule has 27 heavy (non-hydrogen) atoms. The highest BCUT2D eigenvalue weighted by Crippen LogP contribution is 2.42. The number of amides is 1. The molecular formula is C18H17N3O4S2. The molecule has 0 fully saturated rings. The van der Waals surface area contributed by atoms with Crippen LogP contribution in [0.15, 0.2) is 45.7 Å². The van der Waals surface area contributed by atoms with Gasteiger partial charge in [0.1, 0.15) is 5.75 Å². The van der Waals surface area contributed by atoms with Crippen LogP contribution in [0.3, 0.4) is 0 Å². The van der Waals surface area contributed by atoms with E-state index in [-0.39, 0.29) is 11.7 Å². The van der Waals surface area contributed by atoms with Crippen LogP contribution in [0.4, 0.5) is 11.4 Å². The van der Waals surface area contributed by atoms with Crippen molar-refractivity contribution in [3.8, 4) is 5.75 Å². The van der Waals surface area contributed by atoms with Gasteiger partial charge in [0.15, 0.2) is 5.17 Å². The zero-order valence-electron chi connectivity index (χ0n) is 14.7. The first-order chi connectivity index (χ1) is 12.9. The Bertz CT molecular complexity index is 1080. The first kappa shape index (κ1) is 17.9. The molecule has 0 saturated carbocycles. The smallest absolute Gasteiger partial charge is 0.257 e. The topological polar surface area (TPSA) is 88.1 Å². The summed E-state index contributed by atoms with van der Waals surface area (Å²) < 4.78 is 32.5. The zero-order chi connectivity index (χ0) is 19.2. The summed E-state index contributed by atoms with van der Waals surface area (Å²) in [6.07, 6.45) is 0. The van der Waals surface area contributed by atoms with Gasteiger partial charge in [-0.1, -0.05) is 6.07 Å². The highest BCUT2D eigenvalue weighted by atomic mass is 32.2. The summed E-state index contributed by atoms with van der Waals surface area (Å²) >= 11 is 1.26. The molecule has 1 N–H and O–H groups in total. The van der Waals surface area contributed by atoms with Crippen molar-refractivity contribution in [2.45, 2.75) is 11.8 Å². The molecule has 7 nitrogen and oxygen atoms in total. The van der Waals surface area contributed by atoms with Crippen LogP contribution < -0.4 is 15.0 Å². The van der Waals surface area contributed by atoms with Crippen LogP contribution in [0.5, 0.6) is 5.75 Å². The van der Waals surface area contributed by atoms with E-state index in [1.54, 1.807) is 25.3 Å². The number of methoxy groups -OCH3 is 1. The normalized spacial score (nSPS) is 17.0. The Kier molecular flexibility index (Phi) is 4.35. The number of hydrogen-bond acceptors (Lipinski definition) is 6. The Hall–Kier alpha value is -2.52. The number of aryl methyl sites for hydroxylation is 1. The fourth-order valence-electron chi connectivity index (χ4n) is 2.99. The lowest BCUT2D eigenvalue weighted by Gasteiger charge is -2.22. The van der Waals surface area contributed by atoms with Gasteiger partial charge < -0.3 is 15.0 Å². The third-order valence-electron chi connectivity index (χ3n) is 4.34. The number of amidine groups is 1. The van der Waals surface area contributed by atoms with Crippen LogP contribution in [-0.4, -0.2) is 38.9 Å². The Balaban J connectivity index is 1.61. The van der Waals surface area contributed by atoms with Gasteiger partial charge in [0, 0.05) is 17.0 Å². The Morgan fingerprint density at radius 2 is 2.07 bits per heavy atom. The van der Waals surface area contributed by atoms with Crippen LogP contribution in [0, 0.1) is 6.92 Å². The molecule has 2 aliphatic heterocycles. The predicted molar refractivity (Wildman–Crippen MR) is 107 cm³/mol. The number of thioether (sulfide) groups is 1. The number of nitrogens with zero attached hydrogens (tertiary/aromatic N) is 2. The summed E-state index contributed by atoms with van der Waals surface area (Å²) in [7, 11) is -1.85. The Morgan fingerprint density at radius 3 is 2.85 bits per heavy atom. The summed E-state index contributed by atoms with van der Waals surface area (Å²) in [6, 6.07) is 10.9. The molecule has 4 rings (SSSR count). The second-order valence-electron chi connectivity index (χ2n) is 6.25. The largest absolute Gasteiger partial charge is 0.495 e. The average Bonchev–Trinajstić information content (AvgIpc) is 2.97. The summed E-state index contributed by atoms with van der Waals surface area (Å²) in [5.41, 5.74) is 2.96. The SMILES string of the molecule is COc1ccc(C)cc1NC(=O)c1ccc2c(c1)SC1=NS(=O)(=O)CCN12. The van der Waals surface area contributed by atoms with Gasteiger partial charge in [0.05, 0.1) is 24.2 Å². The van der Waals surface area contributed by atoms with Crippen molar-refractivity contribution in [1.82, 2.24) is 0 Å².